The lowest BCUT2D eigenvalue weighted by molar-refractivity contribution is -0.142. The summed E-state index contributed by atoms with van der Waals surface area (Å²) >= 11 is 5.89. The highest BCUT2D eigenvalue weighted by Gasteiger charge is 2.04. The highest BCUT2D eigenvalue weighted by Crippen LogP contribution is 2.15. The van der Waals surface area contributed by atoms with Crippen LogP contribution in [0.2, 0.25) is 5.02 Å². The van der Waals surface area contributed by atoms with Gasteiger partial charge in [0.25, 0.3) is 0 Å². The molecule has 0 bridgehead atoms. The highest BCUT2D eigenvalue weighted by molar-refractivity contribution is 6.30. The molecule has 0 aliphatic carbocycles. The molecule has 2 rings (SSSR count). The molecule has 0 fully saturated rings. The molecular formula is C18H15ClO4. The zero-order valence-corrected chi connectivity index (χ0v) is 13.2. The fourth-order valence-corrected chi connectivity index (χ4v) is 1.99. The van der Waals surface area contributed by atoms with Crippen LogP contribution in [0.5, 0.6) is 5.75 Å². The van der Waals surface area contributed by atoms with E-state index in [1.807, 2.05) is 12.1 Å². The van der Waals surface area contributed by atoms with Crippen LogP contribution in [0.4, 0.5) is 0 Å². The number of rotatable bonds is 6. The number of hydrogen-bond donors (Lipinski definition) is 0. The van der Waals surface area contributed by atoms with E-state index in [1.165, 1.54) is 13.2 Å². The molecule has 23 heavy (non-hydrogen) atoms. The number of carbonyl (C=O) groups excluding carboxylic acids is 2. The van der Waals surface area contributed by atoms with Gasteiger partial charge < -0.3 is 9.47 Å². The molecule has 2 aromatic carbocycles. The normalized spacial score (nSPS) is 10.5. The van der Waals surface area contributed by atoms with E-state index in [2.05, 4.69) is 4.74 Å². The van der Waals surface area contributed by atoms with E-state index < -0.39 is 5.97 Å². The van der Waals surface area contributed by atoms with Crippen molar-refractivity contribution in [2.75, 3.05) is 13.7 Å². The van der Waals surface area contributed by atoms with Crippen molar-refractivity contribution in [2.45, 2.75) is 0 Å². The predicted molar refractivity (Wildman–Crippen MR) is 88.8 cm³/mol. The third kappa shape index (κ3) is 5.27. The molecule has 0 aliphatic rings. The van der Waals surface area contributed by atoms with E-state index in [-0.39, 0.29) is 12.4 Å². The highest BCUT2D eigenvalue weighted by atomic mass is 35.5. The van der Waals surface area contributed by atoms with Crippen molar-refractivity contribution >= 4 is 29.4 Å². The average molecular weight is 331 g/mol. The zero-order valence-electron chi connectivity index (χ0n) is 12.5. The Bertz CT molecular complexity index is 720. The Morgan fingerprint density at radius 2 is 1.87 bits per heavy atom. The Kier molecular flexibility index (Phi) is 5.94. The third-order valence-electron chi connectivity index (χ3n) is 3.00. The van der Waals surface area contributed by atoms with Crippen molar-refractivity contribution in [3.05, 3.63) is 70.8 Å². The number of halogens is 1. The van der Waals surface area contributed by atoms with E-state index in [0.29, 0.717) is 16.3 Å². The standard InChI is InChI=1S/C18H15ClO4/c1-22-18(21)12-23-16-8-6-14(7-9-16)17(20)10-5-13-3-2-4-15(19)11-13/h2-11H,12H2,1H3/b10-5+. The van der Waals surface area contributed by atoms with Crippen LogP contribution < -0.4 is 4.74 Å². The first-order valence-electron chi connectivity index (χ1n) is 6.86. The van der Waals surface area contributed by atoms with Gasteiger partial charge in [-0.1, -0.05) is 29.8 Å². The molecule has 0 N–H and O–H groups in total. The molecule has 0 saturated carbocycles. The lowest BCUT2D eigenvalue weighted by Gasteiger charge is -2.04. The van der Waals surface area contributed by atoms with Crippen molar-refractivity contribution in [3.63, 3.8) is 0 Å². The molecule has 0 heterocycles. The van der Waals surface area contributed by atoms with Gasteiger partial charge in [0.1, 0.15) is 5.75 Å². The van der Waals surface area contributed by atoms with Crippen molar-refractivity contribution in [3.8, 4) is 5.75 Å². The maximum Gasteiger partial charge on any atom is 0.343 e. The molecule has 0 spiro atoms. The van der Waals surface area contributed by atoms with Crippen LogP contribution in [-0.2, 0) is 9.53 Å². The molecule has 0 saturated heterocycles. The smallest absolute Gasteiger partial charge is 0.343 e. The van der Waals surface area contributed by atoms with Crippen LogP contribution in [0, 0.1) is 0 Å². The third-order valence-corrected chi connectivity index (χ3v) is 3.23. The summed E-state index contributed by atoms with van der Waals surface area (Å²) in [6.07, 6.45) is 3.19. The maximum absolute atomic E-state index is 12.1. The molecule has 0 unspecified atom stereocenters. The Morgan fingerprint density at radius 1 is 1.13 bits per heavy atom. The minimum absolute atomic E-state index is 0.135. The van der Waals surface area contributed by atoms with Gasteiger partial charge >= 0.3 is 5.97 Å². The van der Waals surface area contributed by atoms with Gasteiger partial charge in [-0.2, -0.15) is 0 Å². The van der Waals surface area contributed by atoms with Crippen molar-refractivity contribution in [2.24, 2.45) is 0 Å². The Balaban J connectivity index is 1.98. The number of ketones is 1. The van der Waals surface area contributed by atoms with Crippen LogP contribution in [0.15, 0.2) is 54.6 Å². The Morgan fingerprint density at radius 3 is 2.52 bits per heavy atom. The van der Waals surface area contributed by atoms with E-state index in [0.717, 1.165) is 5.56 Å². The molecule has 4 nitrogen and oxygen atoms in total. The van der Waals surface area contributed by atoms with Gasteiger partial charge in [0.15, 0.2) is 12.4 Å². The van der Waals surface area contributed by atoms with E-state index in [9.17, 15) is 9.59 Å². The van der Waals surface area contributed by atoms with Crippen LogP contribution in [0.25, 0.3) is 6.08 Å². The van der Waals surface area contributed by atoms with Gasteiger partial charge in [0.05, 0.1) is 7.11 Å². The Hall–Kier alpha value is -2.59. The summed E-state index contributed by atoms with van der Waals surface area (Å²) in [5, 5.41) is 0.617. The fourth-order valence-electron chi connectivity index (χ4n) is 1.80. The SMILES string of the molecule is COC(=O)COc1ccc(C(=O)/C=C/c2cccc(Cl)c2)cc1. The average Bonchev–Trinajstić information content (AvgIpc) is 2.58. The topological polar surface area (TPSA) is 52.6 Å². The summed E-state index contributed by atoms with van der Waals surface area (Å²) in [6, 6.07) is 13.8. The van der Waals surface area contributed by atoms with E-state index in [4.69, 9.17) is 16.3 Å². The molecule has 118 valence electrons. The molecular weight excluding hydrogens is 316 g/mol. The second-order valence-electron chi connectivity index (χ2n) is 4.64. The van der Waals surface area contributed by atoms with Crippen LogP contribution in [0.1, 0.15) is 15.9 Å². The number of methoxy groups -OCH3 is 1. The number of carbonyl (C=O) groups is 2. The minimum atomic E-state index is -0.463. The van der Waals surface area contributed by atoms with Gasteiger partial charge in [0.2, 0.25) is 0 Å². The van der Waals surface area contributed by atoms with Gasteiger partial charge in [-0.3, -0.25) is 4.79 Å². The van der Waals surface area contributed by atoms with Gasteiger partial charge in [-0.15, -0.1) is 0 Å². The van der Waals surface area contributed by atoms with Gasteiger partial charge in [-0.05, 0) is 48.0 Å². The maximum atomic E-state index is 12.1. The second-order valence-corrected chi connectivity index (χ2v) is 5.08. The first-order chi connectivity index (χ1) is 11.1. The zero-order chi connectivity index (χ0) is 16.7. The molecule has 2 aromatic rings. The lowest BCUT2D eigenvalue weighted by atomic mass is 10.1. The van der Waals surface area contributed by atoms with Crippen LogP contribution in [-0.4, -0.2) is 25.5 Å². The predicted octanol–water partition coefficient (Wildman–Crippen LogP) is 3.79. The molecule has 0 aromatic heterocycles. The van der Waals surface area contributed by atoms with Gasteiger partial charge in [-0.25, -0.2) is 4.79 Å². The Labute approximate surface area is 139 Å². The van der Waals surface area contributed by atoms with Crippen LogP contribution >= 0.6 is 11.6 Å². The fraction of sp³-hybridized carbons (Fsp3) is 0.111. The molecule has 5 heteroatoms. The number of allylic oxidation sites excluding steroid dienone is 1. The first-order valence-corrected chi connectivity index (χ1v) is 7.24. The quantitative estimate of drug-likeness (QED) is 0.459. The van der Waals surface area contributed by atoms with E-state index in [1.54, 1.807) is 42.5 Å². The van der Waals surface area contributed by atoms with Crippen LogP contribution in [0.3, 0.4) is 0 Å². The number of hydrogen-bond acceptors (Lipinski definition) is 4. The number of benzene rings is 2. The summed E-state index contributed by atoms with van der Waals surface area (Å²) in [5.41, 5.74) is 1.37. The summed E-state index contributed by atoms with van der Waals surface area (Å²) in [6.45, 7) is -0.168. The summed E-state index contributed by atoms with van der Waals surface area (Å²) in [4.78, 5) is 23.1. The van der Waals surface area contributed by atoms with Crippen molar-refractivity contribution < 1.29 is 19.1 Å². The first kappa shape index (κ1) is 16.8. The molecule has 0 amide bonds. The second kappa shape index (κ2) is 8.15. The minimum Gasteiger partial charge on any atom is -0.482 e. The van der Waals surface area contributed by atoms with Crippen molar-refractivity contribution in [1.29, 1.82) is 0 Å². The van der Waals surface area contributed by atoms with Crippen molar-refractivity contribution in [1.82, 2.24) is 0 Å². The lowest BCUT2D eigenvalue weighted by Crippen LogP contribution is -2.12. The molecule has 0 radical (unpaired) electrons. The summed E-state index contributed by atoms with van der Waals surface area (Å²) < 4.78 is 9.70. The number of esters is 1. The number of ether oxygens (including phenoxy) is 2. The summed E-state index contributed by atoms with van der Waals surface area (Å²) in [7, 11) is 1.29. The summed E-state index contributed by atoms with van der Waals surface area (Å²) in [5.74, 6) is -0.107. The largest absolute Gasteiger partial charge is 0.482 e. The van der Waals surface area contributed by atoms with E-state index >= 15 is 0 Å². The molecule has 0 atom stereocenters. The monoisotopic (exact) mass is 330 g/mol. The van der Waals surface area contributed by atoms with Gasteiger partial charge in [0, 0.05) is 10.6 Å². The molecule has 0 aliphatic heterocycles.